The van der Waals surface area contributed by atoms with Crippen molar-refractivity contribution in [3.05, 3.63) is 32.2 Å². The van der Waals surface area contributed by atoms with E-state index in [1.165, 1.54) is 4.88 Å². The van der Waals surface area contributed by atoms with E-state index < -0.39 is 0 Å². The summed E-state index contributed by atoms with van der Waals surface area (Å²) >= 11 is 6.90. The topological polar surface area (TPSA) is 49.8 Å². The number of rotatable bonds is 5. The van der Waals surface area contributed by atoms with Gasteiger partial charge in [0.25, 0.3) is 0 Å². The minimum atomic E-state index is 0.676. The molecule has 0 spiro atoms. The third-order valence-electron chi connectivity index (χ3n) is 2.77. The molecule has 20 heavy (non-hydrogen) atoms. The Hall–Kier alpha value is -1.18. The number of halogens is 1. The van der Waals surface area contributed by atoms with Crippen molar-refractivity contribution in [1.29, 1.82) is 0 Å². The van der Waals surface area contributed by atoms with Gasteiger partial charge in [-0.2, -0.15) is 4.98 Å². The van der Waals surface area contributed by atoms with Gasteiger partial charge in [0.1, 0.15) is 10.6 Å². The standard InChI is InChI=1S/C13H13BrN4S2/c1-2-15-13-17-11(8-3-5-20-12(8)18-13)16-7-10-9(14)4-6-19-10/h3-6H,2,7H2,1H3,(H2,15,16,17,18). The first-order valence-electron chi connectivity index (χ1n) is 6.22. The van der Waals surface area contributed by atoms with E-state index in [2.05, 4.69) is 54.0 Å². The lowest BCUT2D eigenvalue weighted by atomic mass is 10.3. The molecule has 2 N–H and O–H groups in total. The molecule has 104 valence electrons. The van der Waals surface area contributed by atoms with Crippen LogP contribution < -0.4 is 10.6 Å². The molecule has 0 radical (unpaired) electrons. The van der Waals surface area contributed by atoms with Crippen molar-refractivity contribution >= 4 is 60.6 Å². The maximum Gasteiger partial charge on any atom is 0.226 e. The van der Waals surface area contributed by atoms with E-state index in [-0.39, 0.29) is 0 Å². The molecule has 0 aliphatic carbocycles. The van der Waals surface area contributed by atoms with Gasteiger partial charge >= 0.3 is 0 Å². The van der Waals surface area contributed by atoms with Crippen molar-refractivity contribution in [2.45, 2.75) is 13.5 Å². The van der Waals surface area contributed by atoms with Gasteiger partial charge in [-0.3, -0.25) is 0 Å². The molecule has 3 aromatic rings. The zero-order valence-corrected chi connectivity index (χ0v) is 14.0. The fourth-order valence-corrected chi connectivity index (χ4v) is 4.04. The highest BCUT2D eigenvalue weighted by Crippen LogP contribution is 2.28. The van der Waals surface area contributed by atoms with Crippen LogP contribution >= 0.6 is 38.6 Å². The lowest BCUT2D eigenvalue weighted by Gasteiger charge is -2.08. The second kappa shape index (κ2) is 6.07. The van der Waals surface area contributed by atoms with E-state index >= 15 is 0 Å². The molecule has 7 heteroatoms. The van der Waals surface area contributed by atoms with E-state index in [0.29, 0.717) is 5.95 Å². The fraction of sp³-hybridized carbons (Fsp3) is 0.231. The highest BCUT2D eigenvalue weighted by Gasteiger charge is 2.09. The molecule has 0 atom stereocenters. The summed E-state index contributed by atoms with van der Waals surface area (Å²) in [6.07, 6.45) is 0. The summed E-state index contributed by atoms with van der Waals surface area (Å²) in [5.41, 5.74) is 0. The van der Waals surface area contributed by atoms with Gasteiger partial charge in [-0.1, -0.05) is 0 Å². The predicted molar refractivity (Wildman–Crippen MR) is 90.9 cm³/mol. The van der Waals surface area contributed by atoms with Crippen molar-refractivity contribution in [1.82, 2.24) is 9.97 Å². The Morgan fingerprint density at radius 1 is 1.15 bits per heavy atom. The zero-order valence-electron chi connectivity index (χ0n) is 10.8. The van der Waals surface area contributed by atoms with Crippen LogP contribution in [0, 0.1) is 0 Å². The summed E-state index contributed by atoms with van der Waals surface area (Å²) in [5.74, 6) is 1.56. The number of hydrogen-bond acceptors (Lipinski definition) is 6. The Morgan fingerprint density at radius 2 is 2.00 bits per heavy atom. The molecule has 3 heterocycles. The number of nitrogens with zero attached hydrogens (tertiary/aromatic N) is 2. The highest BCUT2D eigenvalue weighted by molar-refractivity contribution is 9.10. The van der Waals surface area contributed by atoms with Crippen LogP contribution in [-0.4, -0.2) is 16.5 Å². The number of nitrogens with one attached hydrogen (secondary N) is 2. The third-order valence-corrected chi connectivity index (χ3v) is 5.50. The Kier molecular flexibility index (Phi) is 4.18. The quantitative estimate of drug-likeness (QED) is 0.692. The Bertz CT molecular complexity index is 722. The second-order valence-electron chi connectivity index (χ2n) is 4.11. The van der Waals surface area contributed by atoms with Gasteiger partial charge in [-0.05, 0) is 45.7 Å². The highest BCUT2D eigenvalue weighted by atomic mass is 79.9. The molecule has 0 bridgehead atoms. The van der Waals surface area contributed by atoms with Crippen LogP contribution in [0.4, 0.5) is 11.8 Å². The Labute approximate surface area is 133 Å². The van der Waals surface area contributed by atoms with E-state index in [1.807, 2.05) is 12.3 Å². The van der Waals surface area contributed by atoms with Crippen LogP contribution in [0.15, 0.2) is 27.4 Å². The summed E-state index contributed by atoms with van der Waals surface area (Å²) < 4.78 is 1.14. The summed E-state index contributed by atoms with van der Waals surface area (Å²) in [6, 6.07) is 4.12. The summed E-state index contributed by atoms with van der Waals surface area (Å²) in [5, 5.41) is 11.8. The lowest BCUT2D eigenvalue weighted by molar-refractivity contribution is 1.09. The van der Waals surface area contributed by atoms with Gasteiger partial charge in [0.15, 0.2) is 0 Å². The molecule has 0 aliphatic rings. The number of hydrogen-bond donors (Lipinski definition) is 2. The van der Waals surface area contributed by atoms with Gasteiger partial charge in [-0.25, -0.2) is 4.98 Å². The average Bonchev–Trinajstić information content (AvgIpc) is 3.05. The maximum absolute atomic E-state index is 4.55. The minimum absolute atomic E-state index is 0.676. The number of fused-ring (bicyclic) bond motifs is 1. The van der Waals surface area contributed by atoms with Gasteiger partial charge < -0.3 is 10.6 Å². The molecule has 0 unspecified atom stereocenters. The molecule has 0 aliphatic heterocycles. The molecular weight excluding hydrogens is 356 g/mol. The van der Waals surface area contributed by atoms with Crippen molar-refractivity contribution < 1.29 is 0 Å². The van der Waals surface area contributed by atoms with E-state index in [4.69, 9.17) is 0 Å². The van der Waals surface area contributed by atoms with Crippen molar-refractivity contribution in [2.24, 2.45) is 0 Å². The van der Waals surface area contributed by atoms with Gasteiger partial charge in [0.2, 0.25) is 5.95 Å². The van der Waals surface area contributed by atoms with Crippen molar-refractivity contribution in [3.63, 3.8) is 0 Å². The predicted octanol–water partition coefficient (Wildman–Crippen LogP) is 4.56. The monoisotopic (exact) mass is 368 g/mol. The smallest absolute Gasteiger partial charge is 0.226 e. The first-order valence-corrected chi connectivity index (χ1v) is 8.78. The number of anilines is 2. The number of thiophene rings is 2. The summed E-state index contributed by atoms with van der Waals surface area (Å²) in [4.78, 5) is 11.3. The van der Waals surface area contributed by atoms with Crippen LogP contribution in [-0.2, 0) is 6.54 Å². The van der Waals surface area contributed by atoms with Gasteiger partial charge in [0, 0.05) is 15.9 Å². The molecule has 4 nitrogen and oxygen atoms in total. The van der Waals surface area contributed by atoms with Crippen molar-refractivity contribution in [3.8, 4) is 0 Å². The summed E-state index contributed by atoms with van der Waals surface area (Å²) in [7, 11) is 0. The van der Waals surface area contributed by atoms with Crippen LogP contribution in [0.25, 0.3) is 10.2 Å². The van der Waals surface area contributed by atoms with Gasteiger partial charge in [0.05, 0.1) is 11.9 Å². The molecule has 0 aromatic carbocycles. The maximum atomic E-state index is 4.55. The molecular formula is C13H13BrN4S2. The van der Waals surface area contributed by atoms with E-state index in [9.17, 15) is 0 Å². The third kappa shape index (κ3) is 2.79. The van der Waals surface area contributed by atoms with Crippen LogP contribution in [0.1, 0.15) is 11.8 Å². The summed E-state index contributed by atoms with van der Waals surface area (Å²) in [6.45, 7) is 3.61. The minimum Gasteiger partial charge on any atom is -0.364 e. The molecule has 3 aromatic heterocycles. The van der Waals surface area contributed by atoms with Crippen molar-refractivity contribution in [2.75, 3.05) is 17.2 Å². The molecule has 0 saturated carbocycles. The number of aromatic nitrogens is 2. The van der Waals surface area contributed by atoms with E-state index in [1.54, 1.807) is 22.7 Å². The van der Waals surface area contributed by atoms with Crippen LogP contribution in [0.3, 0.4) is 0 Å². The average molecular weight is 369 g/mol. The van der Waals surface area contributed by atoms with Crippen LogP contribution in [0.2, 0.25) is 0 Å². The molecule has 0 fully saturated rings. The van der Waals surface area contributed by atoms with Crippen LogP contribution in [0.5, 0.6) is 0 Å². The largest absolute Gasteiger partial charge is 0.364 e. The molecule has 0 amide bonds. The zero-order chi connectivity index (χ0) is 13.9. The first kappa shape index (κ1) is 13.8. The van der Waals surface area contributed by atoms with E-state index in [0.717, 1.165) is 33.6 Å². The Balaban J connectivity index is 1.89. The second-order valence-corrected chi connectivity index (χ2v) is 6.86. The molecule has 0 saturated heterocycles. The SMILES string of the molecule is CCNc1nc(NCc2sccc2Br)c2ccsc2n1. The normalized spacial score (nSPS) is 10.9. The first-order chi connectivity index (χ1) is 9.78. The Morgan fingerprint density at radius 3 is 2.75 bits per heavy atom. The molecule has 3 rings (SSSR count). The fourth-order valence-electron chi connectivity index (χ4n) is 1.84. The lowest BCUT2D eigenvalue weighted by Crippen LogP contribution is -2.06. The van der Waals surface area contributed by atoms with Gasteiger partial charge in [-0.15, -0.1) is 22.7 Å².